The molecule has 7 nitrogen and oxygen atoms in total. The molecule has 2 atom stereocenters. The predicted octanol–water partition coefficient (Wildman–Crippen LogP) is 1.86. The van der Waals surface area contributed by atoms with E-state index in [1.807, 2.05) is 0 Å². The standard InChI is InChI=1S/C17H17F3N4O3/c18-17(19,20)10-5-6-14-22-23-15(24(14)8-10)7-21-16(25)13-9-26-11-3-1-2-4-12(11)27-13/h1-4,10,13H,5-9H2,(H,21,25)/t10-,13-/m1/s1. The number of aromatic nitrogens is 3. The van der Waals surface area contributed by atoms with Crippen LogP contribution in [-0.4, -0.2) is 39.6 Å². The molecule has 27 heavy (non-hydrogen) atoms. The van der Waals surface area contributed by atoms with Gasteiger partial charge in [0.25, 0.3) is 5.91 Å². The van der Waals surface area contributed by atoms with Crippen molar-refractivity contribution in [1.29, 1.82) is 0 Å². The fraction of sp³-hybridized carbons (Fsp3) is 0.471. The van der Waals surface area contributed by atoms with Crippen LogP contribution in [-0.2, 0) is 24.3 Å². The van der Waals surface area contributed by atoms with Gasteiger partial charge < -0.3 is 19.4 Å². The first-order valence-corrected chi connectivity index (χ1v) is 8.55. The molecule has 1 aromatic heterocycles. The van der Waals surface area contributed by atoms with E-state index in [-0.39, 0.29) is 32.5 Å². The van der Waals surface area contributed by atoms with Crippen LogP contribution in [0.2, 0.25) is 0 Å². The molecule has 10 heteroatoms. The van der Waals surface area contributed by atoms with E-state index in [0.29, 0.717) is 23.1 Å². The summed E-state index contributed by atoms with van der Waals surface area (Å²) in [6.45, 7) is -0.206. The van der Waals surface area contributed by atoms with Crippen molar-refractivity contribution >= 4 is 5.91 Å². The smallest absolute Gasteiger partial charge is 0.393 e. The topological polar surface area (TPSA) is 78.3 Å². The van der Waals surface area contributed by atoms with Crippen LogP contribution in [0.15, 0.2) is 24.3 Å². The Balaban J connectivity index is 1.39. The molecule has 144 valence electrons. The summed E-state index contributed by atoms with van der Waals surface area (Å²) in [5, 5.41) is 10.5. The molecule has 0 aliphatic carbocycles. The quantitative estimate of drug-likeness (QED) is 0.877. The molecule has 2 aromatic rings. The lowest BCUT2D eigenvalue weighted by Gasteiger charge is -2.27. The van der Waals surface area contributed by atoms with Gasteiger partial charge in [-0.15, -0.1) is 10.2 Å². The number of fused-ring (bicyclic) bond motifs is 2. The van der Waals surface area contributed by atoms with E-state index < -0.39 is 24.1 Å². The van der Waals surface area contributed by atoms with E-state index in [9.17, 15) is 18.0 Å². The van der Waals surface area contributed by atoms with Gasteiger partial charge in [0.1, 0.15) is 12.4 Å². The van der Waals surface area contributed by atoms with Crippen molar-refractivity contribution in [2.45, 2.75) is 38.2 Å². The molecule has 1 aromatic carbocycles. The van der Waals surface area contributed by atoms with Crippen molar-refractivity contribution in [2.24, 2.45) is 5.92 Å². The maximum Gasteiger partial charge on any atom is 0.393 e. The van der Waals surface area contributed by atoms with Gasteiger partial charge in [0.2, 0.25) is 6.10 Å². The first-order valence-electron chi connectivity index (χ1n) is 8.55. The molecule has 4 rings (SSSR count). The van der Waals surface area contributed by atoms with Crippen molar-refractivity contribution in [2.75, 3.05) is 6.61 Å². The van der Waals surface area contributed by atoms with E-state index in [2.05, 4.69) is 15.5 Å². The maximum atomic E-state index is 13.0. The SMILES string of the molecule is O=C(NCc1nnc2n1C[C@H](C(F)(F)F)CC2)[C@H]1COc2ccccc2O1. The van der Waals surface area contributed by atoms with Crippen LogP contribution < -0.4 is 14.8 Å². The lowest BCUT2D eigenvalue weighted by atomic mass is 9.99. The van der Waals surface area contributed by atoms with Gasteiger partial charge in [-0.3, -0.25) is 4.79 Å². The number of rotatable bonds is 3. The molecular formula is C17H17F3N4O3. The first kappa shape index (κ1) is 17.6. The van der Waals surface area contributed by atoms with Gasteiger partial charge >= 0.3 is 6.18 Å². The Labute approximate surface area is 152 Å². The van der Waals surface area contributed by atoms with Gasteiger partial charge in [-0.05, 0) is 18.6 Å². The highest BCUT2D eigenvalue weighted by Crippen LogP contribution is 2.34. The third kappa shape index (κ3) is 3.56. The van der Waals surface area contributed by atoms with Crippen molar-refractivity contribution in [3.63, 3.8) is 0 Å². The number of halogens is 3. The molecule has 3 heterocycles. The number of aryl methyl sites for hydroxylation is 1. The second kappa shape index (κ2) is 6.75. The molecule has 0 unspecified atom stereocenters. The molecular weight excluding hydrogens is 365 g/mol. The number of nitrogens with zero attached hydrogens (tertiary/aromatic N) is 3. The summed E-state index contributed by atoms with van der Waals surface area (Å²) in [6, 6.07) is 7.00. The average Bonchev–Trinajstić information content (AvgIpc) is 3.07. The monoisotopic (exact) mass is 382 g/mol. The van der Waals surface area contributed by atoms with Crippen LogP contribution in [0.25, 0.3) is 0 Å². The van der Waals surface area contributed by atoms with E-state index in [1.54, 1.807) is 24.3 Å². The number of ether oxygens (including phenoxy) is 2. The molecule has 1 N–H and O–H groups in total. The van der Waals surface area contributed by atoms with Crippen molar-refractivity contribution in [3.8, 4) is 11.5 Å². The molecule has 1 amide bonds. The van der Waals surface area contributed by atoms with Gasteiger partial charge in [0.05, 0.1) is 12.5 Å². The average molecular weight is 382 g/mol. The van der Waals surface area contributed by atoms with E-state index in [0.717, 1.165) is 0 Å². The minimum Gasteiger partial charge on any atom is -0.485 e. The molecule has 0 bridgehead atoms. The third-order valence-corrected chi connectivity index (χ3v) is 4.71. The highest BCUT2D eigenvalue weighted by atomic mass is 19.4. The minimum atomic E-state index is -4.26. The first-order chi connectivity index (χ1) is 12.9. The van der Waals surface area contributed by atoms with Crippen LogP contribution in [0, 0.1) is 5.92 Å². The second-order valence-corrected chi connectivity index (χ2v) is 6.50. The number of para-hydroxylation sites is 2. The maximum absolute atomic E-state index is 13.0. The number of amides is 1. The van der Waals surface area contributed by atoms with Gasteiger partial charge in [-0.1, -0.05) is 12.1 Å². The summed E-state index contributed by atoms with van der Waals surface area (Å²) in [5.74, 6) is -0.0227. The van der Waals surface area contributed by atoms with Crippen molar-refractivity contribution in [3.05, 3.63) is 35.9 Å². The number of hydrogen-bond donors (Lipinski definition) is 1. The summed E-state index contributed by atoms with van der Waals surface area (Å²) in [4.78, 5) is 12.3. The zero-order valence-corrected chi connectivity index (χ0v) is 14.2. The minimum absolute atomic E-state index is 0.000649. The van der Waals surface area contributed by atoms with Crippen LogP contribution in [0.4, 0.5) is 13.2 Å². The number of carbonyl (C=O) groups is 1. The third-order valence-electron chi connectivity index (χ3n) is 4.71. The summed E-state index contributed by atoms with van der Waals surface area (Å²) >= 11 is 0. The Kier molecular flexibility index (Phi) is 4.40. The Morgan fingerprint density at radius 1 is 1.26 bits per heavy atom. The summed E-state index contributed by atoms with van der Waals surface area (Å²) in [7, 11) is 0. The summed E-state index contributed by atoms with van der Waals surface area (Å²) in [5.41, 5.74) is 0. The van der Waals surface area contributed by atoms with Gasteiger partial charge in [0, 0.05) is 13.0 Å². The highest BCUT2D eigenvalue weighted by molar-refractivity contribution is 5.81. The van der Waals surface area contributed by atoms with Gasteiger partial charge in [-0.2, -0.15) is 13.2 Å². The molecule has 0 spiro atoms. The fourth-order valence-corrected chi connectivity index (χ4v) is 3.21. The zero-order valence-electron chi connectivity index (χ0n) is 14.2. The van der Waals surface area contributed by atoms with Crippen LogP contribution in [0.3, 0.4) is 0 Å². The second-order valence-electron chi connectivity index (χ2n) is 6.50. The Hall–Kier alpha value is -2.78. The van der Waals surface area contributed by atoms with Crippen LogP contribution in [0.1, 0.15) is 18.1 Å². The molecule has 0 saturated carbocycles. The lowest BCUT2D eigenvalue weighted by molar-refractivity contribution is -0.182. The zero-order chi connectivity index (χ0) is 19.0. The predicted molar refractivity (Wildman–Crippen MR) is 86.1 cm³/mol. The van der Waals surface area contributed by atoms with E-state index >= 15 is 0 Å². The Morgan fingerprint density at radius 2 is 2.04 bits per heavy atom. The van der Waals surface area contributed by atoms with E-state index in [1.165, 1.54) is 4.57 Å². The lowest BCUT2D eigenvalue weighted by Crippen LogP contribution is -2.44. The van der Waals surface area contributed by atoms with Gasteiger partial charge in [0.15, 0.2) is 17.3 Å². The largest absolute Gasteiger partial charge is 0.485 e. The van der Waals surface area contributed by atoms with Crippen molar-refractivity contribution in [1.82, 2.24) is 20.1 Å². The summed E-state index contributed by atoms with van der Waals surface area (Å²) < 4.78 is 51.5. The fourth-order valence-electron chi connectivity index (χ4n) is 3.21. The molecule has 0 radical (unpaired) electrons. The van der Waals surface area contributed by atoms with Gasteiger partial charge in [-0.25, -0.2) is 0 Å². The highest BCUT2D eigenvalue weighted by Gasteiger charge is 2.42. The normalized spacial score (nSPS) is 21.4. The van der Waals surface area contributed by atoms with Crippen LogP contribution in [0.5, 0.6) is 11.5 Å². The number of benzene rings is 1. The van der Waals surface area contributed by atoms with Crippen LogP contribution >= 0.6 is 0 Å². The Morgan fingerprint density at radius 3 is 2.81 bits per heavy atom. The van der Waals surface area contributed by atoms with Crippen molar-refractivity contribution < 1.29 is 27.4 Å². The molecule has 2 aliphatic rings. The Bertz CT molecular complexity index is 852. The molecule has 0 saturated heterocycles. The number of hydrogen-bond acceptors (Lipinski definition) is 5. The number of carbonyl (C=O) groups excluding carboxylic acids is 1. The molecule has 0 fully saturated rings. The number of alkyl halides is 3. The molecule has 2 aliphatic heterocycles. The van der Waals surface area contributed by atoms with E-state index in [4.69, 9.17) is 9.47 Å². The number of nitrogens with one attached hydrogen (secondary N) is 1. The summed E-state index contributed by atoms with van der Waals surface area (Å²) in [6.07, 6.45) is -4.89.